The van der Waals surface area contributed by atoms with Gasteiger partial charge in [0.2, 0.25) is 0 Å². The fourth-order valence-electron chi connectivity index (χ4n) is 2.06. The zero-order valence-corrected chi connectivity index (χ0v) is 10.8. The number of aliphatic hydroxyl groups excluding tert-OH is 1. The smallest absolute Gasteiger partial charge is 0.328 e. The Morgan fingerprint density at radius 3 is 2.06 bits per heavy atom. The molecule has 0 spiro atoms. The van der Waals surface area contributed by atoms with Gasteiger partial charge in [0.05, 0.1) is 6.10 Å². The van der Waals surface area contributed by atoms with Crippen LogP contribution in [0.4, 0.5) is 4.79 Å². The van der Waals surface area contributed by atoms with Gasteiger partial charge in [-0.05, 0) is 19.8 Å². The van der Waals surface area contributed by atoms with E-state index in [-0.39, 0.29) is 0 Å². The van der Waals surface area contributed by atoms with Gasteiger partial charge in [0, 0.05) is 13.1 Å². The molecule has 2 atom stereocenters. The van der Waals surface area contributed by atoms with E-state index in [1.54, 1.807) is 4.90 Å². The number of hydrogen-bond acceptors (Lipinski definition) is 3. The Hall–Kier alpha value is -1.30. The van der Waals surface area contributed by atoms with Gasteiger partial charge in [0.15, 0.2) is 6.04 Å². The van der Waals surface area contributed by atoms with Crippen molar-refractivity contribution in [2.24, 2.45) is 0 Å². The molecule has 104 valence electrons. The predicted octanol–water partition coefficient (Wildman–Crippen LogP) is 0.796. The van der Waals surface area contributed by atoms with Gasteiger partial charge >= 0.3 is 12.0 Å². The molecule has 3 N–H and O–H groups in total. The Labute approximate surface area is 107 Å². The van der Waals surface area contributed by atoms with Crippen molar-refractivity contribution in [2.75, 3.05) is 13.1 Å². The van der Waals surface area contributed by atoms with E-state index in [4.69, 9.17) is 5.11 Å². The number of urea groups is 1. The van der Waals surface area contributed by atoms with Crippen LogP contribution in [0.5, 0.6) is 0 Å². The van der Waals surface area contributed by atoms with E-state index >= 15 is 0 Å². The Kier molecular flexibility index (Phi) is 5.91. The number of carboxylic acid groups (broad SMARTS) is 1. The first-order chi connectivity index (χ1) is 8.52. The molecule has 18 heavy (non-hydrogen) atoms. The molecule has 0 aliphatic carbocycles. The molecule has 0 aromatic rings. The van der Waals surface area contributed by atoms with Crippen molar-refractivity contribution in [2.45, 2.75) is 51.2 Å². The third-order valence-corrected chi connectivity index (χ3v) is 3.17. The molecule has 6 nitrogen and oxygen atoms in total. The van der Waals surface area contributed by atoms with Gasteiger partial charge < -0.3 is 20.4 Å². The van der Waals surface area contributed by atoms with Crippen LogP contribution in [0, 0.1) is 0 Å². The summed E-state index contributed by atoms with van der Waals surface area (Å²) in [5, 5.41) is 20.6. The van der Waals surface area contributed by atoms with Crippen LogP contribution in [0.3, 0.4) is 0 Å². The van der Waals surface area contributed by atoms with E-state index < -0.39 is 24.1 Å². The normalized spacial score (nSPS) is 20.4. The van der Waals surface area contributed by atoms with Crippen LogP contribution >= 0.6 is 0 Å². The van der Waals surface area contributed by atoms with E-state index in [0.29, 0.717) is 13.1 Å². The van der Waals surface area contributed by atoms with E-state index in [1.165, 1.54) is 13.3 Å². The Balaban J connectivity index is 2.53. The van der Waals surface area contributed by atoms with E-state index in [0.717, 1.165) is 25.7 Å². The number of hydrogen-bond donors (Lipinski definition) is 3. The largest absolute Gasteiger partial charge is 0.480 e. The summed E-state index contributed by atoms with van der Waals surface area (Å²) in [6.07, 6.45) is 4.17. The van der Waals surface area contributed by atoms with Crippen molar-refractivity contribution in [1.29, 1.82) is 0 Å². The fraction of sp³-hybridized carbons (Fsp3) is 0.833. The highest BCUT2D eigenvalue weighted by atomic mass is 16.4. The maximum absolute atomic E-state index is 11.9. The lowest BCUT2D eigenvalue weighted by Gasteiger charge is -2.27. The molecule has 1 aliphatic heterocycles. The van der Waals surface area contributed by atoms with Crippen LogP contribution in [-0.4, -0.2) is 52.3 Å². The third-order valence-electron chi connectivity index (χ3n) is 3.17. The van der Waals surface area contributed by atoms with Gasteiger partial charge in [0.1, 0.15) is 0 Å². The number of amides is 2. The molecule has 1 heterocycles. The molecule has 0 saturated carbocycles. The number of carboxylic acids is 1. The lowest BCUT2D eigenvalue weighted by molar-refractivity contribution is -0.141. The van der Waals surface area contributed by atoms with Gasteiger partial charge in [-0.15, -0.1) is 0 Å². The number of carbonyl (C=O) groups excluding carboxylic acids is 1. The molecule has 6 heteroatoms. The Bertz CT molecular complexity index is 286. The topological polar surface area (TPSA) is 89.9 Å². The average Bonchev–Trinajstić information content (AvgIpc) is 2.24. The second-order valence-electron chi connectivity index (χ2n) is 4.76. The zero-order chi connectivity index (χ0) is 13.5. The van der Waals surface area contributed by atoms with Gasteiger partial charge in [0.25, 0.3) is 0 Å². The molecule has 0 aromatic heterocycles. The summed E-state index contributed by atoms with van der Waals surface area (Å²) in [6, 6.07) is -1.65. The Morgan fingerprint density at radius 1 is 1.11 bits per heavy atom. The van der Waals surface area contributed by atoms with Crippen molar-refractivity contribution in [1.82, 2.24) is 10.2 Å². The Morgan fingerprint density at radius 2 is 1.61 bits per heavy atom. The van der Waals surface area contributed by atoms with Gasteiger partial charge in [-0.2, -0.15) is 0 Å². The quantitative estimate of drug-likeness (QED) is 0.698. The molecule has 2 unspecified atom stereocenters. The molecule has 1 rings (SSSR count). The standard InChI is InChI=1S/C12H22N2O4/c1-9(15)10(11(16)17)13-12(18)14-7-5-3-2-4-6-8-14/h9-10,15H,2-8H2,1H3,(H,13,18)(H,16,17). The summed E-state index contributed by atoms with van der Waals surface area (Å²) in [7, 11) is 0. The molecule has 2 amide bonds. The first-order valence-corrected chi connectivity index (χ1v) is 6.48. The predicted molar refractivity (Wildman–Crippen MR) is 66.3 cm³/mol. The van der Waals surface area contributed by atoms with E-state index in [9.17, 15) is 14.7 Å². The van der Waals surface area contributed by atoms with Crippen molar-refractivity contribution in [3.63, 3.8) is 0 Å². The first-order valence-electron chi connectivity index (χ1n) is 6.48. The minimum atomic E-state index is -1.25. The molecular formula is C12H22N2O4. The molecular weight excluding hydrogens is 236 g/mol. The summed E-state index contributed by atoms with van der Waals surface area (Å²) < 4.78 is 0. The maximum atomic E-state index is 11.9. The number of carbonyl (C=O) groups is 2. The van der Waals surface area contributed by atoms with Gasteiger partial charge in [-0.25, -0.2) is 9.59 Å². The SMILES string of the molecule is CC(O)C(NC(=O)N1CCCCCCC1)C(=O)O. The summed E-state index contributed by atoms with van der Waals surface area (Å²) in [6.45, 7) is 2.66. The average molecular weight is 258 g/mol. The van der Waals surface area contributed by atoms with Crippen molar-refractivity contribution in [3.05, 3.63) is 0 Å². The summed E-state index contributed by atoms with van der Waals surface area (Å²) in [5.41, 5.74) is 0. The monoisotopic (exact) mass is 258 g/mol. The molecule has 1 fully saturated rings. The highest BCUT2D eigenvalue weighted by Gasteiger charge is 2.27. The number of likely N-dealkylation sites (tertiary alicyclic amines) is 1. The zero-order valence-electron chi connectivity index (χ0n) is 10.8. The van der Waals surface area contributed by atoms with E-state index in [1.807, 2.05) is 0 Å². The summed E-state index contributed by atoms with van der Waals surface area (Å²) >= 11 is 0. The first kappa shape index (κ1) is 14.8. The lowest BCUT2D eigenvalue weighted by Crippen LogP contribution is -2.52. The van der Waals surface area contributed by atoms with E-state index in [2.05, 4.69) is 5.32 Å². The fourth-order valence-corrected chi connectivity index (χ4v) is 2.06. The molecule has 0 bridgehead atoms. The number of nitrogens with one attached hydrogen (secondary N) is 1. The van der Waals surface area contributed by atoms with Crippen molar-refractivity contribution >= 4 is 12.0 Å². The van der Waals surface area contributed by atoms with Gasteiger partial charge in [-0.3, -0.25) is 0 Å². The van der Waals surface area contributed by atoms with Crippen LogP contribution in [-0.2, 0) is 4.79 Å². The van der Waals surface area contributed by atoms with Crippen LogP contribution in [0.1, 0.15) is 39.0 Å². The number of aliphatic hydroxyl groups is 1. The van der Waals surface area contributed by atoms with Crippen molar-refractivity contribution < 1.29 is 19.8 Å². The highest BCUT2D eigenvalue weighted by molar-refractivity contribution is 5.83. The molecule has 1 saturated heterocycles. The molecule has 1 aliphatic rings. The molecule has 0 aromatic carbocycles. The minimum absolute atomic E-state index is 0.398. The third kappa shape index (κ3) is 4.52. The second kappa shape index (κ2) is 7.20. The van der Waals surface area contributed by atoms with Crippen molar-refractivity contribution in [3.8, 4) is 0 Å². The van der Waals surface area contributed by atoms with Gasteiger partial charge in [-0.1, -0.05) is 19.3 Å². The van der Waals surface area contributed by atoms with Crippen LogP contribution < -0.4 is 5.32 Å². The highest BCUT2D eigenvalue weighted by Crippen LogP contribution is 2.10. The summed E-state index contributed by atoms with van der Waals surface area (Å²) in [5.74, 6) is -1.22. The lowest BCUT2D eigenvalue weighted by atomic mass is 10.1. The molecule has 0 radical (unpaired) electrons. The van der Waals surface area contributed by atoms with Crippen LogP contribution in [0.2, 0.25) is 0 Å². The second-order valence-corrected chi connectivity index (χ2v) is 4.76. The minimum Gasteiger partial charge on any atom is -0.480 e. The number of nitrogens with zero attached hydrogens (tertiary/aromatic N) is 1. The van der Waals surface area contributed by atoms with Crippen LogP contribution in [0.15, 0.2) is 0 Å². The number of rotatable bonds is 3. The maximum Gasteiger partial charge on any atom is 0.328 e. The number of aliphatic carboxylic acids is 1. The van der Waals surface area contributed by atoms with Crippen LogP contribution in [0.25, 0.3) is 0 Å². The summed E-state index contributed by atoms with van der Waals surface area (Å²) in [4.78, 5) is 24.4.